The highest BCUT2D eigenvalue weighted by Gasteiger charge is 2.52. The fourth-order valence-electron chi connectivity index (χ4n) is 4.04. The SMILES string of the molecule is CCC[C@@]1(c2ccccc2)NC(=O)N(CC(=O)NC[C@@H](CC)c2ccccc2)C1=O. The van der Waals surface area contributed by atoms with Crippen LogP contribution in [0.15, 0.2) is 60.7 Å². The number of imide groups is 1. The minimum atomic E-state index is -1.11. The minimum absolute atomic E-state index is 0.182. The second kappa shape index (κ2) is 9.57. The molecule has 1 heterocycles. The molecule has 0 aromatic heterocycles. The number of carbonyl (C=O) groups excluding carboxylic acids is 3. The lowest BCUT2D eigenvalue weighted by Crippen LogP contribution is -2.45. The van der Waals surface area contributed by atoms with Crippen molar-refractivity contribution in [1.29, 1.82) is 0 Å². The molecule has 3 rings (SSSR count). The molecule has 6 heteroatoms. The number of hydrogen-bond acceptors (Lipinski definition) is 3. The third kappa shape index (κ3) is 4.37. The van der Waals surface area contributed by atoms with Crippen molar-refractivity contribution >= 4 is 17.8 Å². The molecule has 1 saturated heterocycles. The number of benzene rings is 2. The third-order valence-corrected chi connectivity index (χ3v) is 5.68. The Kier molecular flexibility index (Phi) is 6.87. The topological polar surface area (TPSA) is 78.5 Å². The van der Waals surface area contributed by atoms with Crippen LogP contribution in [0.25, 0.3) is 0 Å². The predicted molar refractivity (Wildman–Crippen MR) is 116 cm³/mol. The molecular weight excluding hydrogens is 378 g/mol. The molecule has 2 N–H and O–H groups in total. The lowest BCUT2D eigenvalue weighted by molar-refractivity contribution is -0.135. The van der Waals surface area contributed by atoms with Crippen LogP contribution in [0.5, 0.6) is 0 Å². The Bertz CT molecular complexity index is 885. The Morgan fingerprint density at radius 3 is 2.27 bits per heavy atom. The molecule has 158 valence electrons. The molecular formula is C24H29N3O3. The molecule has 1 fully saturated rings. The third-order valence-electron chi connectivity index (χ3n) is 5.68. The van der Waals surface area contributed by atoms with Gasteiger partial charge in [-0.1, -0.05) is 80.9 Å². The Hall–Kier alpha value is -3.15. The standard InChI is InChI=1S/C24H29N3O3/c1-3-15-24(20-13-9-6-10-14-20)22(29)27(23(30)26-24)17-21(28)25-16-18(4-2)19-11-7-5-8-12-19/h5-14,18H,3-4,15-17H2,1-2H3,(H,25,28)(H,26,30)/t18-,24+/m1/s1. The first-order valence-corrected chi connectivity index (χ1v) is 10.5. The number of nitrogens with one attached hydrogen (secondary N) is 2. The summed E-state index contributed by atoms with van der Waals surface area (Å²) in [4.78, 5) is 39.4. The summed E-state index contributed by atoms with van der Waals surface area (Å²) < 4.78 is 0. The van der Waals surface area contributed by atoms with Crippen LogP contribution in [0.3, 0.4) is 0 Å². The summed E-state index contributed by atoms with van der Waals surface area (Å²) in [6, 6.07) is 18.7. The van der Waals surface area contributed by atoms with E-state index in [1.54, 1.807) is 0 Å². The lowest BCUT2D eigenvalue weighted by Gasteiger charge is -2.27. The van der Waals surface area contributed by atoms with E-state index < -0.39 is 11.6 Å². The van der Waals surface area contributed by atoms with Crippen molar-refractivity contribution in [2.75, 3.05) is 13.1 Å². The molecule has 0 spiro atoms. The van der Waals surface area contributed by atoms with Gasteiger partial charge in [0.25, 0.3) is 5.91 Å². The van der Waals surface area contributed by atoms with E-state index in [0.717, 1.165) is 28.9 Å². The quantitative estimate of drug-likeness (QED) is 0.624. The van der Waals surface area contributed by atoms with Crippen LogP contribution in [0.1, 0.15) is 50.2 Å². The van der Waals surface area contributed by atoms with Crippen molar-refractivity contribution in [3.8, 4) is 0 Å². The highest BCUT2D eigenvalue weighted by atomic mass is 16.2. The normalized spacial score (nSPS) is 19.5. The van der Waals surface area contributed by atoms with E-state index in [-0.39, 0.29) is 24.3 Å². The molecule has 2 atom stereocenters. The molecule has 2 aromatic carbocycles. The zero-order valence-corrected chi connectivity index (χ0v) is 17.6. The van der Waals surface area contributed by atoms with Gasteiger partial charge in [0.2, 0.25) is 5.91 Å². The molecule has 1 aliphatic heterocycles. The molecule has 0 radical (unpaired) electrons. The Balaban J connectivity index is 1.68. The van der Waals surface area contributed by atoms with E-state index >= 15 is 0 Å². The number of rotatable bonds is 9. The maximum atomic E-state index is 13.2. The maximum Gasteiger partial charge on any atom is 0.325 e. The molecule has 4 amide bonds. The van der Waals surface area contributed by atoms with Gasteiger partial charge in [-0.15, -0.1) is 0 Å². The lowest BCUT2D eigenvalue weighted by atomic mass is 9.85. The van der Waals surface area contributed by atoms with Crippen LogP contribution in [-0.4, -0.2) is 35.8 Å². The highest BCUT2D eigenvalue weighted by Crippen LogP contribution is 2.33. The van der Waals surface area contributed by atoms with E-state index in [1.807, 2.05) is 67.6 Å². The summed E-state index contributed by atoms with van der Waals surface area (Å²) in [6.07, 6.45) is 2.07. The van der Waals surface area contributed by atoms with Gasteiger partial charge < -0.3 is 10.6 Å². The molecule has 2 aromatic rings. The number of nitrogens with zero attached hydrogens (tertiary/aromatic N) is 1. The smallest absolute Gasteiger partial charge is 0.325 e. The van der Waals surface area contributed by atoms with Gasteiger partial charge in [0, 0.05) is 12.5 Å². The number of amides is 4. The van der Waals surface area contributed by atoms with E-state index in [4.69, 9.17) is 0 Å². The van der Waals surface area contributed by atoms with Crippen molar-refractivity contribution in [2.24, 2.45) is 0 Å². The number of carbonyl (C=O) groups is 3. The predicted octanol–water partition coefficient (Wildman–Crippen LogP) is 3.54. The Morgan fingerprint density at radius 2 is 1.67 bits per heavy atom. The summed E-state index contributed by atoms with van der Waals surface area (Å²) in [5.41, 5.74) is 0.785. The largest absolute Gasteiger partial charge is 0.354 e. The van der Waals surface area contributed by atoms with E-state index in [9.17, 15) is 14.4 Å². The molecule has 6 nitrogen and oxygen atoms in total. The summed E-state index contributed by atoms with van der Waals surface area (Å²) in [6.45, 7) is 4.21. The van der Waals surface area contributed by atoms with Crippen molar-refractivity contribution in [3.05, 3.63) is 71.8 Å². The van der Waals surface area contributed by atoms with E-state index in [2.05, 4.69) is 17.6 Å². The zero-order valence-electron chi connectivity index (χ0n) is 17.6. The first-order valence-electron chi connectivity index (χ1n) is 10.5. The van der Waals surface area contributed by atoms with Crippen LogP contribution in [0.4, 0.5) is 4.79 Å². The summed E-state index contributed by atoms with van der Waals surface area (Å²) >= 11 is 0. The highest BCUT2D eigenvalue weighted by molar-refractivity contribution is 6.09. The van der Waals surface area contributed by atoms with Crippen molar-refractivity contribution in [1.82, 2.24) is 15.5 Å². The molecule has 0 saturated carbocycles. The van der Waals surface area contributed by atoms with Crippen LogP contribution in [0, 0.1) is 0 Å². The average molecular weight is 408 g/mol. The monoisotopic (exact) mass is 407 g/mol. The molecule has 0 unspecified atom stereocenters. The van der Waals surface area contributed by atoms with Gasteiger partial charge in [-0.05, 0) is 24.0 Å². The van der Waals surface area contributed by atoms with Crippen molar-refractivity contribution in [3.63, 3.8) is 0 Å². The van der Waals surface area contributed by atoms with Crippen LogP contribution in [0.2, 0.25) is 0 Å². The molecule has 30 heavy (non-hydrogen) atoms. The maximum absolute atomic E-state index is 13.2. The number of hydrogen-bond donors (Lipinski definition) is 2. The first kappa shape index (κ1) is 21.6. The van der Waals surface area contributed by atoms with Gasteiger partial charge in [-0.2, -0.15) is 0 Å². The zero-order chi connectivity index (χ0) is 21.6. The molecule has 0 aliphatic carbocycles. The second-order valence-corrected chi connectivity index (χ2v) is 7.66. The van der Waals surface area contributed by atoms with Crippen LogP contribution in [-0.2, 0) is 15.1 Å². The van der Waals surface area contributed by atoms with E-state index in [0.29, 0.717) is 13.0 Å². The van der Waals surface area contributed by atoms with Gasteiger partial charge >= 0.3 is 6.03 Å². The van der Waals surface area contributed by atoms with Gasteiger partial charge in [0.15, 0.2) is 0 Å². The van der Waals surface area contributed by atoms with Crippen molar-refractivity contribution in [2.45, 2.75) is 44.6 Å². The molecule has 1 aliphatic rings. The summed E-state index contributed by atoms with van der Waals surface area (Å²) in [7, 11) is 0. The van der Waals surface area contributed by atoms with Gasteiger partial charge in [-0.3, -0.25) is 14.5 Å². The minimum Gasteiger partial charge on any atom is -0.354 e. The second-order valence-electron chi connectivity index (χ2n) is 7.66. The fraction of sp³-hybridized carbons (Fsp3) is 0.375. The summed E-state index contributed by atoms with van der Waals surface area (Å²) in [5.74, 6) is -0.527. The van der Waals surface area contributed by atoms with E-state index in [1.165, 1.54) is 0 Å². The first-order chi connectivity index (χ1) is 14.5. The van der Waals surface area contributed by atoms with Crippen molar-refractivity contribution < 1.29 is 14.4 Å². The van der Waals surface area contributed by atoms with Gasteiger partial charge in [0.05, 0.1) is 0 Å². The van der Waals surface area contributed by atoms with Gasteiger partial charge in [-0.25, -0.2) is 4.79 Å². The van der Waals surface area contributed by atoms with Crippen LogP contribution < -0.4 is 10.6 Å². The Morgan fingerprint density at radius 1 is 1.03 bits per heavy atom. The Labute approximate surface area is 177 Å². The average Bonchev–Trinajstić information content (AvgIpc) is 3.01. The van der Waals surface area contributed by atoms with Crippen LogP contribution >= 0.6 is 0 Å². The fourth-order valence-corrected chi connectivity index (χ4v) is 4.04. The number of urea groups is 1. The van der Waals surface area contributed by atoms with Gasteiger partial charge in [0.1, 0.15) is 12.1 Å². The molecule has 0 bridgehead atoms. The summed E-state index contributed by atoms with van der Waals surface area (Å²) in [5, 5.41) is 5.74.